The van der Waals surface area contributed by atoms with Crippen molar-refractivity contribution in [2.45, 2.75) is 51.0 Å². The van der Waals surface area contributed by atoms with Crippen molar-refractivity contribution in [3.8, 4) is 0 Å². The third kappa shape index (κ3) is 3.64. The van der Waals surface area contributed by atoms with Crippen LogP contribution in [0.5, 0.6) is 0 Å². The summed E-state index contributed by atoms with van der Waals surface area (Å²) in [7, 11) is 0. The summed E-state index contributed by atoms with van der Waals surface area (Å²) in [4.78, 5) is 0. The van der Waals surface area contributed by atoms with E-state index in [1.807, 2.05) is 0 Å². The average Bonchev–Trinajstić information content (AvgIpc) is 2.81. The Balaban J connectivity index is 1.69. The number of aryl methyl sites for hydroxylation is 1. The van der Waals surface area contributed by atoms with Crippen molar-refractivity contribution >= 4 is 0 Å². The van der Waals surface area contributed by atoms with Crippen LogP contribution in [0.15, 0.2) is 30.3 Å². The lowest BCUT2D eigenvalue weighted by Gasteiger charge is -2.16. The molecule has 0 aromatic heterocycles. The number of hydrogen-bond donors (Lipinski definition) is 1. The van der Waals surface area contributed by atoms with Crippen LogP contribution in [0.25, 0.3) is 0 Å². The molecule has 16 heavy (non-hydrogen) atoms. The molecule has 1 saturated carbocycles. The van der Waals surface area contributed by atoms with E-state index < -0.39 is 0 Å². The molecule has 0 aliphatic heterocycles. The Hall–Kier alpha value is -0.820. The first-order valence-corrected chi connectivity index (χ1v) is 6.64. The maximum atomic E-state index is 6.20. The Labute approximate surface area is 99.0 Å². The molecule has 1 unspecified atom stereocenters. The van der Waals surface area contributed by atoms with Gasteiger partial charge in [0.05, 0.1) is 0 Å². The van der Waals surface area contributed by atoms with Gasteiger partial charge in [-0.15, -0.1) is 0 Å². The van der Waals surface area contributed by atoms with Crippen molar-refractivity contribution in [2.75, 3.05) is 0 Å². The molecule has 0 radical (unpaired) electrons. The Kier molecular flexibility index (Phi) is 4.41. The fourth-order valence-electron chi connectivity index (χ4n) is 2.79. The molecule has 1 nitrogen and oxygen atoms in total. The third-order valence-electron chi connectivity index (χ3n) is 3.76. The molecular formula is C15H23N. The van der Waals surface area contributed by atoms with Crippen LogP contribution in [-0.4, -0.2) is 6.04 Å². The fourth-order valence-corrected chi connectivity index (χ4v) is 2.79. The molecule has 1 atom stereocenters. The maximum Gasteiger partial charge on any atom is 0.00446 e. The SMILES string of the molecule is NC(CCc1ccccc1)CC1CCCC1. The van der Waals surface area contributed by atoms with E-state index >= 15 is 0 Å². The van der Waals surface area contributed by atoms with Crippen LogP contribution >= 0.6 is 0 Å². The summed E-state index contributed by atoms with van der Waals surface area (Å²) < 4.78 is 0. The Morgan fingerprint density at radius 3 is 2.50 bits per heavy atom. The fraction of sp³-hybridized carbons (Fsp3) is 0.600. The van der Waals surface area contributed by atoms with Gasteiger partial charge in [0.1, 0.15) is 0 Å². The minimum Gasteiger partial charge on any atom is -0.328 e. The van der Waals surface area contributed by atoms with Crippen LogP contribution < -0.4 is 5.73 Å². The van der Waals surface area contributed by atoms with E-state index in [1.165, 1.54) is 37.7 Å². The van der Waals surface area contributed by atoms with E-state index in [0.29, 0.717) is 6.04 Å². The van der Waals surface area contributed by atoms with E-state index in [0.717, 1.165) is 18.8 Å². The molecule has 0 bridgehead atoms. The van der Waals surface area contributed by atoms with Crippen molar-refractivity contribution in [2.24, 2.45) is 11.7 Å². The van der Waals surface area contributed by atoms with Gasteiger partial charge in [-0.05, 0) is 30.7 Å². The zero-order valence-corrected chi connectivity index (χ0v) is 10.1. The molecule has 0 amide bonds. The second-order valence-electron chi connectivity index (χ2n) is 5.17. The van der Waals surface area contributed by atoms with Gasteiger partial charge < -0.3 is 5.73 Å². The first kappa shape index (κ1) is 11.7. The summed E-state index contributed by atoms with van der Waals surface area (Å²) in [6.45, 7) is 0. The minimum absolute atomic E-state index is 0.406. The number of hydrogen-bond acceptors (Lipinski definition) is 1. The van der Waals surface area contributed by atoms with Gasteiger partial charge in [0.15, 0.2) is 0 Å². The van der Waals surface area contributed by atoms with Gasteiger partial charge in [-0.25, -0.2) is 0 Å². The molecule has 1 fully saturated rings. The van der Waals surface area contributed by atoms with Crippen LogP contribution in [0.4, 0.5) is 0 Å². The van der Waals surface area contributed by atoms with Crippen molar-refractivity contribution in [1.82, 2.24) is 0 Å². The molecular weight excluding hydrogens is 194 g/mol. The highest BCUT2D eigenvalue weighted by molar-refractivity contribution is 5.14. The zero-order valence-electron chi connectivity index (χ0n) is 10.1. The van der Waals surface area contributed by atoms with Crippen molar-refractivity contribution in [3.05, 3.63) is 35.9 Å². The monoisotopic (exact) mass is 217 g/mol. The van der Waals surface area contributed by atoms with E-state index in [4.69, 9.17) is 5.73 Å². The summed E-state index contributed by atoms with van der Waals surface area (Å²) >= 11 is 0. The molecule has 1 heteroatoms. The minimum atomic E-state index is 0.406. The van der Waals surface area contributed by atoms with Crippen molar-refractivity contribution < 1.29 is 0 Å². The second-order valence-corrected chi connectivity index (χ2v) is 5.17. The Bertz CT molecular complexity index is 288. The molecule has 0 heterocycles. The van der Waals surface area contributed by atoms with E-state index in [1.54, 1.807) is 0 Å². The molecule has 1 aliphatic carbocycles. The predicted octanol–water partition coefficient (Wildman–Crippen LogP) is 3.53. The van der Waals surface area contributed by atoms with Crippen molar-refractivity contribution in [3.63, 3.8) is 0 Å². The smallest absolute Gasteiger partial charge is 0.00446 e. The standard InChI is InChI=1S/C15H23N/c16-15(12-14-8-4-5-9-14)11-10-13-6-2-1-3-7-13/h1-3,6-7,14-15H,4-5,8-12,16H2. The topological polar surface area (TPSA) is 26.0 Å². The van der Waals surface area contributed by atoms with Gasteiger partial charge in [0.2, 0.25) is 0 Å². The van der Waals surface area contributed by atoms with Gasteiger partial charge in [-0.3, -0.25) is 0 Å². The summed E-state index contributed by atoms with van der Waals surface area (Å²) in [5.41, 5.74) is 7.62. The molecule has 2 rings (SSSR count). The van der Waals surface area contributed by atoms with E-state index in [2.05, 4.69) is 30.3 Å². The lowest BCUT2D eigenvalue weighted by Crippen LogP contribution is -2.23. The van der Waals surface area contributed by atoms with Crippen LogP contribution in [-0.2, 0) is 6.42 Å². The number of rotatable bonds is 5. The van der Waals surface area contributed by atoms with E-state index in [-0.39, 0.29) is 0 Å². The highest BCUT2D eigenvalue weighted by Gasteiger charge is 2.17. The molecule has 1 aromatic rings. The molecule has 1 aliphatic rings. The highest BCUT2D eigenvalue weighted by atomic mass is 14.6. The first-order valence-electron chi connectivity index (χ1n) is 6.64. The first-order chi connectivity index (χ1) is 7.84. The largest absolute Gasteiger partial charge is 0.328 e. The van der Waals surface area contributed by atoms with Crippen LogP contribution in [0.2, 0.25) is 0 Å². The van der Waals surface area contributed by atoms with E-state index in [9.17, 15) is 0 Å². The van der Waals surface area contributed by atoms with Crippen LogP contribution in [0.1, 0.15) is 44.1 Å². The Morgan fingerprint density at radius 2 is 1.81 bits per heavy atom. The van der Waals surface area contributed by atoms with Crippen molar-refractivity contribution in [1.29, 1.82) is 0 Å². The number of benzene rings is 1. The molecule has 0 saturated heterocycles. The average molecular weight is 217 g/mol. The Morgan fingerprint density at radius 1 is 1.12 bits per heavy atom. The van der Waals surface area contributed by atoms with Gasteiger partial charge in [-0.2, -0.15) is 0 Å². The number of nitrogens with two attached hydrogens (primary N) is 1. The normalized spacial score (nSPS) is 18.8. The van der Waals surface area contributed by atoms with Crippen LogP contribution in [0, 0.1) is 5.92 Å². The van der Waals surface area contributed by atoms with Gasteiger partial charge >= 0.3 is 0 Å². The second kappa shape index (κ2) is 6.05. The highest BCUT2D eigenvalue weighted by Crippen LogP contribution is 2.28. The predicted molar refractivity (Wildman–Crippen MR) is 69.3 cm³/mol. The molecule has 88 valence electrons. The van der Waals surface area contributed by atoms with Gasteiger partial charge in [-0.1, -0.05) is 56.0 Å². The van der Waals surface area contributed by atoms with Gasteiger partial charge in [0.25, 0.3) is 0 Å². The summed E-state index contributed by atoms with van der Waals surface area (Å²) in [6, 6.07) is 11.1. The summed E-state index contributed by atoms with van der Waals surface area (Å²) in [6.07, 6.45) is 9.20. The molecule has 0 spiro atoms. The maximum absolute atomic E-state index is 6.20. The summed E-state index contributed by atoms with van der Waals surface area (Å²) in [5.74, 6) is 0.922. The van der Waals surface area contributed by atoms with Gasteiger partial charge in [0, 0.05) is 6.04 Å². The third-order valence-corrected chi connectivity index (χ3v) is 3.76. The molecule has 1 aromatic carbocycles. The summed E-state index contributed by atoms with van der Waals surface area (Å²) in [5, 5.41) is 0. The lowest BCUT2D eigenvalue weighted by atomic mass is 9.95. The molecule has 2 N–H and O–H groups in total. The quantitative estimate of drug-likeness (QED) is 0.802. The van der Waals surface area contributed by atoms with Crippen LogP contribution in [0.3, 0.4) is 0 Å². The lowest BCUT2D eigenvalue weighted by molar-refractivity contribution is 0.427. The zero-order chi connectivity index (χ0) is 11.2.